The number of benzene rings is 2. The van der Waals surface area contributed by atoms with Gasteiger partial charge in [-0.25, -0.2) is 0 Å². The van der Waals surface area contributed by atoms with E-state index in [0.29, 0.717) is 17.7 Å². The van der Waals surface area contributed by atoms with Crippen molar-refractivity contribution in [3.8, 4) is 6.07 Å². The molecule has 0 heterocycles. The van der Waals surface area contributed by atoms with Crippen molar-refractivity contribution in [2.75, 3.05) is 12.3 Å². The van der Waals surface area contributed by atoms with Crippen molar-refractivity contribution in [2.24, 2.45) is 5.92 Å². The number of rotatable bonds is 6. The van der Waals surface area contributed by atoms with Gasteiger partial charge in [0.25, 0.3) is 5.91 Å². The minimum atomic E-state index is -0.678. The molecule has 0 aliphatic carbocycles. The largest absolute Gasteiger partial charge is 0.399 e. The standard InChI is InChI=1S/C19H22N4O2/c1-12(2)9-17(19(25)22-8-7-20)23-18(24)15-4-3-14-11-16(21)6-5-13(14)10-15/h3-6,10-12,17H,8-9,21H2,1-2H3,(H,22,25)(H,23,24)/t17-/m0/s1. The number of amides is 2. The number of fused-ring (bicyclic) bond motifs is 1. The summed E-state index contributed by atoms with van der Waals surface area (Å²) in [7, 11) is 0. The van der Waals surface area contributed by atoms with Gasteiger partial charge in [0.05, 0.1) is 6.07 Å². The third kappa shape index (κ3) is 4.95. The Balaban J connectivity index is 2.18. The van der Waals surface area contributed by atoms with Gasteiger partial charge in [-0.3, -0.25) is 9.59 Å². The molecule has 4 N–H and O–H groups in total. The lowest BCUT2D eigenvalue weighted by molar-refractivity contribution is -0.123. The molecular weight excluding hydrogens is 316 g/mol. The summed E-state index contributed by atoms with van der Waals surface area (Å²) < 4.78 is 0. The number of hydrogen-bond donors (Lipinski definition) is 3. The van der Waals surface area contributed by atoms with Crippen molar-refractivity contribution in [1.29, 1.82) is 5.26 Å². The summed E-state index contributed by atoms with van der Waals surface area (Å²) in [6, 6.07) is 12.0. The van der Waals surface area contributed by atoms with Gasteiger partial charge >= 0.3 is 0 Å². The minimum absolute atomic E-state index is 0.0826. The molecule has 0 saturated heterocycles. The zero-order chi connectivity index (χ0) is 18.4. The quantitative estimate of drug-likeness (QED) is 0.554. The Morgan fingerprint density at radius 1 is 1.16 bits per heavy atom. The van der Waals surface area contributed by atoms with Crippen molar-refractivity contribution < 1.29 is 9.59 Å². The first-order valence-corrected chi connectivity index (χ1v) is 8.15. The van der Waals surface area contributed by atoms with Gasteiger partial charge in [-0.2, -0.15) is 5.26 Å². The molecule has 2 rings (SSSR count). The fourth-order valence-electron chi connectivity index (χ4n) is 2.60. The molecule has 0 unspecified atom stereocenters. The molecular formula is C19H22N4O2. The minimum Gasteiger partial charge on any atom is -0.399 e. The summed E-state index contributed by atoms with van der Waals surface area (Å²) in [5.74, 6) is -0.452. The van der Waals surface area contributed by atoms with Crippen molar-refractivity contribution in [3.63, 3.8) is 0 Å². The molecule has 2 aromatic rings. The summed E-state index contributed by atoms with van der Waals surface area (Å²) in [5, 5.41) is 15.7. The van der Waals surface area contributed by atoms with Gasteiger partial charge < -0.3 is 16.4 Å². The van der Waals surface area contributed by atoms with Crippen molar-refractivity contribution in [2.45, 2.75) is 26.3 Å². The monoisotopic (exact) mass is 338 g/mol. The van der Waals surface area contributed by atoms with E-state index in [1.165, 1.54) is 0 Å². The van der Waals surface area contributed by atoms with Crippen LogP contribution in [-0.2, 0) is 4.79 Å². The Bertz CT molecular complexity index is 824. The van der Waals surface area contributed by atoms with Crippen molar-refractivity contribution in [1.82, 2.24) is 10.6 Å². The number of nitrogen functional groups attached to an aromatic ring is 1. The Labute approximate surface area is 147 Å². The highest BCUT2D eigenvalue weighted by Gasteiger charge is 2.22. The first-order chi connectivity index (χ1) is 11.9. The van der Waals surface area contributed by atoms with Gasteiger partial charge in [0.15, 0.2) is 0 Å². The van der Waals surface area contributed by atoms with E-state index in [-0.39, 0.29) is 24.3 Å². The molecule has 0 aliphatic heterocycles. The maximum atomic E-state index is 12.5. The second-order valence-electron chi connectivity index (χ2n) is 6.35. The Hall–Kier alpha value is -3.07. The van der Waals surface area contributed by atoms with Crippen molar-refractivity contribution >= 4 is 28.3 Å². The number of hydrogen-bond acceptors (Lipinski definition) is 4. The average Bonchev–Trinajstić information content (AvgIpc) is 2.58. The molecule has 0 saturated carbocycles. The van der Waals surface area contributed by atoms with Gasteiger partial charge in [0, 0.05) is 11.3 Å². The molecule has 6 nitrogen and oxygen atoms in total. The van der Waals surface area contributed by atoms with E-state index in [9.17, 15) is 9.59 Å². The molecule has 130 valence electrons. The van der Waals surface area contributed by atoms with E-state index in [1.54, 1.807) is 18.2 Å². The lowest BCUT2D eigenvalue weighted by Gasteiger charge is -2.19. The molecule has 1 atom stereocenters. The molecule has 0 bridgehead atoms. The summed E-state index contributed by atoms with van der Waals surface area (Å²) in [4.78, 5) is 24.7. The molecule has 2 aromatic carbocycles. The van der Waals surface area contributed by atoms with Crippen LogP contribution in [0.2, 0.25) is 0 Å². The predicted molar refractivity (Wildman–Crippen MR) is 97.7 cm³/mol. The molecule has 0 aliphatic rings. The third-order valence-corrected chi connectivity index (χ3v) is 3.80. The highest BCUT2D eigenvalue weighted by molar-refractivity contribution is 6.01. The van der Waals surface area contributed by atoms with E-state index in [2.05, 4.69) is 10.6 Å². The third-order valence-electron chi connectivity index (χ3n) is 3.80. The zero-order valence-electron chi connectivity index (χ0n) is 14.4. The second kappa shape index (κ2) is 8.15. The zero-order valence-corrected chi connectivity index (χ0v) is 14.4. The first-order valence-electron chi connectivity index (χ1n) is 8.15. The average molecular weight is 338 g/mol. The topological polar surface area (TPSA) is 108 Å². The van der Waals surface area contributed by atoms with Gasteiger partial charge in [-0.15, -0.1) is 0 Å². The highest BCUT2D eigenvalue weighted by atomic mass is 16.2. The summed E-state index contributed by atoms with van der Waals surface area (Å²) in [5.41, 5.74) is 6.89. The van der Waals surface area contributed by atoms with Crippen LogP contribution in [0, 0.1) is 17.2 Å². The van der Waals surface area contributed by atoms with Crippen molar-refractivity contribution in [3.05, 3.63) is 42.0 Å². The SMILES string of the molecule is CC(C)C[C@H](NC(=O)c1ccc2cc(N)ccc2c1)C(=O)NCC#N. The highest BCUT2D eigenvalue weighted by Crippen LogP contribution is 2.19. The molecule has 25 heavy (non-hydrogen) atoms. The number of anilines is 1. The number of nitrogens with one attached hydrogen (secondary N) is 2. The smallest absolute Gasteiger partial charge is 0.251 e. The number of carbonyl (C=O) groups excluding carboxylic acids is 2. The van der Waals surface area contributed by atoms with Crippen LogP contribution >= 0.6 is 0 Å². The fourth-order valence-corrected chi connectivity index (χ4v) is 2.60. The molecule has 0 fully saturated rings. The number of nitriles is 1. The molecule has 6 heteroatoms. The van der Waals surface area contributed by atoms with Gasteiger partial charge in [0.1, 0.15) is 12.6 Å². The maximum Gasteiger partial charge on any atom is 0.251 e. The Morgan fingerprint density at radius 2 is 1.84 bits per heavy atom. The van der Waals surface area contributed by atoms with Gasteiger partial charge in [-0.1, -0.05) is 26.0 Å². The van der Waals surface area contributed by atoms with Crippen LogP contribution in [0.4, 0.5) is 5.69 Å². The van der Waals surface area contributed by atoms with E-state index in [0.717, 1.165) is 10.8 Å². The molecule has 2 amide bonds. The van der Waals surface area contributed by atoms with E-state index in [4.69, 9.17) is 11.0 Å². The normalized spacial score (nSPS) is 11.8. The van der Waals surface area contributed by atoms with Crippen LogP contribution in [0.3, 0.4) is 0 Å². The Kier molecular flexibility index (Phi) is 5.96. The summed E-state index contributed by atoms with van der Waals surface area (Å²) >= 11 is 0. The van der Waals surface area contributed by atoms with Gasteiger partial charge in [-0.05, 0) is 47.4 Å². The van der Waals surface area contributed by atoms with Gasteiger partial charge in [0.2, 0.25) is 5.91 Å². The van der Waals surface area contributed by atoms with E-state index in [1.807, 2.05) is 38.1 Å². The predicted octanol–water partition coefficient (Wildman–Crippen LogP) is 2.21. The van der Waals surface area contributed by atoms with E-state index >= 15 is 0 Å². The molecule has 0 radical (unpaired) electrons. The molecule has 0 spiro atoms. The lowest BCUT2D eigenvalue weighted by atomic mass is 10.0. The number of nitrogens with zero attached hydrogens (tertiary/aromatic N) is 1. The summed E-state index contributed by atoms with van der Waals surface area (Å²) in [6.07, 6.45) is 0.493. The van der Waals surface area contributed by atoms with Crippen LogP contribution in [-0.4, -0.2) is 24.4 Å². The van der Waals surface area contributed by atoms with Crippen LogP contribution in [0.25, 0.3) is 10.8 Å². The fraction of sp³-hybridized carbons (Fsp3) is 0.316. The van der Waals surface area contributed by atoms with Crippen LogP contribution < -0.4 is 16.4 Å². The maximum absolute atomic E-state index is 12.5. The number of carbonyl (C=O) groups is 2. The first kappa shape index (κ1) is 18.3. The van der Waals surface area contributed by atoms with Crippen LogP contribution in [0.15, 0.2) is 36.4 Å². The molecule has 0 aromatic heterocycles. The number of nitrogens with two attached hydrogens (primary N) is 1. The van der Waals surface area contributed by atoms with Crippen LogP contribution in [0.1, 0.15) is 30.6 Å². The Morgan fingerprint density at radius 3 is 2.52 bits per heavy atom. The van der Waals surface area contributed by atoms with Crippen LogP contribution in [0.5, 0.6) is 0 Å². The lowest BCUT2D eigenvalue weighted by Crippen LogP contribution is -2.47. The second-order valence-corrected chi connectivity index (χ2v) is 6.35. The summed E-state index contributed by atoms with van der Waals surface area (Å²) in [6.45, 7) is 3.86. The van der Waals surface area contributed by atoms with E-state index < -0.39 is 6.04 Å².